The van der Waals surface area contributed by atoms with Gasteiger partial charge in [0, 0.05) is 30.6 Å². The van der Waals surface area contributed by atoms with Gasteiger partial charge < -0.3 is 10.5 Å². The van der Waals surface area contributed by atoms with E-state index < -0.39 is 0 Å². The van der Waals surface area contributed by atoms with Gasteiger partial charge in [0.05, 0.1) is 10.7 Å². The molecule has 1 aliphatic rings. The van der Waals surface area contributed by atoms with Crippen LogP contribution in [0.2, 0.25) is 0 Å². The highest BCUT2D eigenvalue weighted by Gasteiger charge is 2.22. The quantitative estimate of drug-likeness (QED) is 0.879. The van der Waals surface area contributed by atoms with Crippen molar-refractivity contribution in [3.05, 3.63) is 15.6 Å². The second-order valence-electron chi connectivity index (χ2n) is 4.57. The summed E-state index contributed by atoms with van der Waals surface area (Å²) in [6, 6.07) is 0.244. The minimum atomic E-state index is 0.244. The van der Waals surface area contributed by atoms with Crippen LogP contribution in [-0.2, 0) is 11.2 Å². The van der Waals surface area contributed by atoms with Gasteiger partial charge in [-0.15, -0.1) is 11.3 Å². The summed E-state index contributed by atoms with van der Waals surface area (Å²) in [5.41, 5.74) is 7.40. The van der Waals surface area contributed by atoms with Gasteiger partial charge in [-0.2, -0.15) is 0 Å². The van der Waals surface area contributed by atoms with Gasteiger partial charge in [-0.1, -0.05) is 0 Å². The predicted molar refractivity (Wildman–Crippen MR) is 66.8 cm³/mol. The van der Waals surface area contributed by atoms with Crippen LogP contribution in [0.5, 0.6) is 0 Å². The monoisotopic (exact) mass is 240 g/mol. The molecule has 0 spiro atoms. The Hall–Kier alpha value is -0.450. The molecule has 1 unspecified atom stereocenters. The molecule has 1 aromatic rings. The first-order chi connectivity index (χ1) is 7.66. The SMILES string of the molecule is Cc1nc(CC(N)C2CCOCC2)sc1C. The van der Waals surface area contributed by atoms with Crippen molar-refractivity contribution in [2.45, 2.75) is 39.2 Å². The molecule has 0 saturated carbocycles. The topological polar surface area (TPSA) is 48.1 Å². The molecule has 1 aromatic heterocycles. The maximum atomic E-state index is 6.25. The van der Waals surface area contributed by atoms with Crippen LogP contribution < -0.4 is 5.73 Å². The zero-order chi connectivity index (χ0) is 11.5. The van der Waals surface area contributed by atoms with Crippen LogP contribution >= 0.6 is 11.3 Å². The highest BCUT2D eigenvalue weighted by atomic mass is 32.1. The normalized spacial score (nSPS) is 19.9. The van der Waals surface area contributed by atoms with E-state index in [4.69, 9.17) is 10.5 Å². The maximum absolute atomic E-state index is 6.25. The Bertz CT molecular complexity index is 325. The molecular formula is C12H20N2OS. The Morgan fingerprint density at radius 1 is 1.44 bits per heavy atom. The van der Waals surface area contributed by atoms with Crippen molar-refractivity contribution in [2.75, 3.05) is 13.2 Å². The van der Waals surface area contributed by atoms with E-state index in [-0.39, 0.29) is 6.04 Å². The molecule has 0 aliphatic carbocycles. The number of ether oxygens (including phenoxy) is 1. The summed E-state index contributed by atoms with van der Waals surface area (Å²) in [6.45, 7) is 5.92. The number of aromatic nitrogens is 1. The van der Waals surface area contributed by atoms with Crippen molar-refractivity contribution < 1.29 is 4.74 Å². The van der Waals surface area contributed by atoms with Crippen molar-refractivity contribution in [2.24, 2.45) is 11.7 Å². The third kappa shape index (κ3) is 2.81. The van der Waals surface area contributed by atoms with Crippen molar-refractivity contribution in [1.82, 2.24) is 4.98 Å². The molecule has 2 N–H and O–H groups in total. The standard InChI is InChI=1S/C12H20N2OS/c1-8-9(2)16-12(14-8)7-11(13)10-3-5-15-6-4-10/h10-11H,3-7,13H2,1-2H3. The smallest absolute Gasteiger partial charge is 0.0946 e. The van der Waals surface area contributed by atoms with E-state index in [0.717, 1.165) is 38.2 Å². The van der Waals surface area contributed by atoms with E-state index in [0.29, 0.717) is 5.92 Å². The minimum Gasteiger partial charge on any atom is -0.381 e. The van der Waals surface area contributed by atoms with Crippen molar-refractivity contribution in [3.8, 4) is 0 Å². The molecule has 0 radical (unpaired) electrons. The molecule has 0 bridgehead atoms. The average Bonchev–Trinajstić information content (AvgIpc) is 2.59. The molecule has 2 rings (SSSR count). The average molecular weight is 240 g/mol. The molecule has 0 amide bonds. The summed E-state index contributed by atoms with van der Waals surface area (Å²) in [5.74, 6) is 0.610. The predicted octanol–water partition coefficient (Wildman–Crippen LogP) is 2.06. The van der Waals surface area contributed by atoms with E-state index in [1.54, 1.807) is 11.3 Å². The molecule has 1 saturated heterocycles. The Morgan fingerprint density at radius 3 is 2.69 bits per heavy atom. The zero-order valence-corrected chi connectivity index (χ0v) is 10.8. The van der Waals surface area contributed by atoms with Gasteiger partial charge in [-0.3, -0.25) is 0 Å². The summed E-state index contributed by atoms with van der Waals surface area (Å²) in [4.78, 5) is 5.87. The van der Waals surface area contributed by atoms with Gasteiger partial charge in [-0.05, 0) is 32.6 Å². The van der Waals surface area contributed by atoms with Crippen LogP contribution in [0.15, 0.2) is 0 Å². The Kier molecular flexibility index (Phi) is 3.95. The van der Waals surface area contributed by atoms with Gasteiger partial charge >= 0.3 is 0 Å². The van der Waals surface area contributed by atoms with E-state index in [9.17, 15) is 0 Å². The lowest BCUT2D eigenvalue weighted by Crippen LogP contribution is -2.36. The largest absolute Gasteiger partial charge is 0.381 e. The molecule has 1 atom stereocenters. The lowest BCUT2D eigenvalue weighted by Gasteiger charge is -2.27. The molecule has 16 heavy (non-hydrogen) atoms. The molecule has 4 heteroatoms. The van der Waals surface area contributed by atoms with Gasteiger partial charge in [-0.25, -0.2) is 4.98 Å². The number of nitrogens with zero attached hydrogens (tertiary/aromatic N) is 1. The number of hydrogen-bond donors (Lipinski definition) is 1. The lowest BCUT2D eigenvalue weighted by molar-refractivity contribution is 0.0585. The van der Waals surface area contributed by atoms with Gasteiger partial charge in [0.15, 0.2) is 0 Å². The highest BCUT2D eigenvalue weighted by Crippen LogP contribution is 2.23. The summed E-state index contributed by atoms with van der Waals surface area (Å²) >= 11 is 1.78. The second kappa shape index (κ2) is 5.25. The molecule has 90 valence electrons. The first kappa shape index (κ1) is 12.0. The van der Waals surface area contributed by atoms with E-state index in [2.05, 4.69) is 18.8 Å². The second-order valence-corrected chi connectivity index (χ2v) is 5.85. The van der Waals surface area contributed by atoms with Crippen LogP contribution in [0, 0.1) is 19.8 Å². The van der Waals surface area contributed by atoms with E-state index in [1.807, 2.05) is 0 Å². The summed E-state index contributed by atoms with van der Waals surface area (Å²) < 4.78 is 5.35. The number of rotatable bonds is 3. The van der Waals surface area contributed by atoms with Crippen LogP contribution in [0.25, 0.3) is 0 Å². The summed E-state index contributed by atoms with van der Waals surface area (Å²) in [7, 11) is 0. The van der Waals surface area contributed by atoms with Crippen LogP contribution in [0.3, 0.4) is 0 Å². The fourth-order valence-corrected chi connectivity index (χ4v) is 3.14. The third-order valence-corrected chi connectivity index (χ3v) is 4.45. The fraction of sp³-hybridized carbons (Fsp3) is 0.750. The fourth-order valence-electron chi connectivity index (χ4n) is 2.14. The first-order valence-electron chi connectivity index (χ1n) is 5.93. The molecule has 1 fully saturated rings. The first-order valence-corrected chi connectivity index (χ1v) is 6.74. The number of hydrogen-bond acceptors (Lipinski definition) is 4. The molecule has 1 aliphatic heterocycles. The van der Waals surface area contributed by atoms with E-state index >= 15 is 0 Å². The lowest BCUT2D eigenvalue weighted by atomic mass is 9.90. The molecule has 3 nitrogen and oxygen atoms in total. The number of thiazole rings is 1. The Labute approximate surface area is 101 Å². The van der Waals surface area contributed by atoms with Crippen LogP contribution in [0.1, 0.15) is 28.4 Å². The van der Waals surface area contributed by atoms with Gasteiger partial charge in [0.25, 0.3) is 0 Å². The van der Waals surface area contributed by atoms with Crippen molar-refractivity contribution in [3.63, 3.8) is 0 Å². The summed E-state index contributed by atoms with van der Waals surface area (Å²) in [6.07, 6.45) is 3.12. The molecule has 0 aromatic carbocycles. The van der Waals surface area contributed by atoms with Crippen molar-refractivity contribution in [1.29, 1.82) is 0 Å². The minimum absolute atomic E-state index is 0.244. The van der Waals surface area contributed by atoms with E-state index in [1.165, 1.54) is 9.88 Å². The molecular weight excluding hydrogens is 220 g/mol. The van der Waals surface area contributed by atoms with Gasteiger partial charge in [0.1, 0.15) is 0 Å². The highest BCUT2D eigenvalue weighted by molar-refractivity contribution is 7.11. The van der Waals surface area contributed by atoms with Crippen LogP contribution in [-0.4, -0.2) is 24.2 Å². The molecule has 2 heterocycles. The Balaban J connectivity index is 1.93. The third-order valence-electron chi connectivity index (χ3n) is 3.35. The zero-order valence-electron chi connectivity index (χ0n) is 10.0. The maximum Gasteiger partial charge on any atom is 0.0946 e. The Morgan fingerprint density at radius 2 is 2.12 bits per heavy atom. The van der Waals surface area contributed by atoms with Crippen molar-refractivity contribution >= 4 is 11.3 Å². The van der Waals surface area contributed by atoms with Gasteiger partial charge in [0.2, 0.25) is 0 Å². The van der Waals surface area contributed by atoms with Crippen LogP contribution in [0.4, 0.5) is 0 Å². The summed E-state index contributed by atoms with van der Waals surface area (Å²) in [5, 5.41) is 1.19. The number of nitrogens with two attached hydrogens (primary N) is 1. The number of aryl methyl sites for hydroxylation is 2.